The zero-order valence-electron chi connectivity index (χ0n) is 17.5. The molecule has 0 spiro atoms. The standard InChI is InChI=1S/2C10H15.Zr.2H/c2*1-7-6-10(4,5)9(3)8(7)2;;;/h2*1-5H3;;;/q;;;2*-1. The molecule has 0 saturated heterocycles. The molecule has 0 fully saturated rings. The zero-order chi connectivity index (χ0) is 16.3. The summed E-state index contributed by atoms with van der Waals surface area (Å²) in [5.41, 5.74) is 10.0. The number of hydrogen-bond donors (Lipinski definition) is 0. The summed E-state index contributed by atoms with van der Waals surface area (Å²) < 4.78 is 3.59. The quantitative estimate of drug-likeness (QED) is 0.519. The normalized spacial score (nSPS) is 24.7. The molecule has 0 aromatic heterocycles. The van der Waals surface area contributed by atoms with Crippen LogP contribution in [0.4, 0.5) is 0 Å². The summed E-state index contributed by atoms with van der Waals surface area (Å²) in [5, 5.41) is 0. The molecule has 0 aromatic carbocycles. The van der Waals surface area contributed by atoms with Crippen molar-refractivity contribution in [2.45, 2.75) is 69.2 Å². The van der Waals surface area contributed by atoms with Crippen LogP contribution in [0, 0.1) is 10.8 Å². The molecule has 0 saturated carbocycles. The predicted molar refractivity (Wildman–Crippen MR) is 91.9 cm³/mol. The van der Waals surface area contributed by atoms with Gasteiger partial charge >= 0.3 is 143 Å². The predicted octanol–water partition coefficient (Wildman–Crippen LogP) is 6.59. The van der Waals surface area contributed by atoms with Crippen LogP contribution in [0.25, 0.3) is 0 Å². The van der Waals surface area contributed by atoms with Gasteiger partial charge in [-0.2, -0.15) is 0 Å². The first-order valence-corrected chi connectivity index (χ1v) is 10.5. The summed E-state index contributed by atoms with van der Waals surface area (Å²) in [6.07, 6.45) is 0. The van der Waals surface area contributed by atoms with E-state index in [9.17, 15) is 0 Å². The van der Waals surface area contributed by atoms with Crippen molar-refractivity contribution < 1.29 is 26.1 Å². The Morgan fingerprint density at radius 3 is 1.05 bits per heavy atom. The second kappa shape index (κ2) is 5.19. The third kappa shape index (κ3) is 2.35. The van der Waals surface area contributed by atoms with E-state index in [1.54, 1.807) is 40.0 Å². The van der Waals surface area contributed by atoms with Crippen molar-refractivity contribution in [3.63, 3.8) is 0 Å². The summed E-state index contributed by atoms with van der Waals surface area (Å²) in [5.74, 6) is 0. The van der Waals surface area contributed by atoms with Crippen LogP contribution in [0.5, 0.6) is 0 Å². The first kappa shape index (κ1) is 17.2. The maximum Gasteiger partial charge on any atom is -1.00 e. The molecule has 2 rings (SSSR count). The Balaban J connectivity index is 0.00000242. The fourth-order valence-corrected chi connectivity index (χ4v) is 8.73. The Hall–Kier alpha value is -0.157. The Kier molecular flexibility index (Phi) is 4.25. The molecule has 0 atom stereocenters. The Morgan fingerprint density at radius 1 is 0.571 bits per heavy atom. The maximum atomic E-state index is 2.43. The molecule has 118 valence electrons. The topological polar surface area (TPSA) is 0 Å². The molecule has 0 amide bonds. The van der Waals surface area contributed by atoms with Crippen molar-refractivity contribution in [3.05, 3.63) is 40.0 Å². The maximum absolute atomic E-state index is 2.43. The van der Waals surface area contributed by atoms with E-state index in [0.29, 0.717) is 0 Å². The van der Waals surface area contributed by atoms with Gasteiger partial charge in [-0.15, -0.1) is 0 Å². The smallest absolute Gasteiger partial charge is 1.00 e. The van der Waals surface area contributed by atoms with Crippen molar-refractivity contribution in [2.75, 3.05) is 0 Å². The molecule has 2 aliphatic carbocycles. The van der Waals surface area contributed by atoms with Crippen LogP contribution in [-0.2, 0) is 23.2 Å². The van der Waals surface area contributed by atoms with Crippen LogP contribution in [0.15, 0.2) is 40.0 Å². The van der Waals surface area contributed by atoms with Crippen LogP contribution in [-0.4, -0.2) is 0 Å². The summed E-state index contributed by atoms with van der Waals surface area (Å²) in [7, 11) is 0. The van der Waals surface area contributed by atoms with E-state index in [2.05, 4.69) is 69.2 Å². The molecule has 0 radical (unpaired) electrons. The van der Waals surface area contributed by atoms with Gasteiger partial charge in [-0.05, 0) is 0 Å². The van der Waals surface area contributed by atoms with Gasteiger partial charge < -0.3 is 2.85 Å². The number of rotatable bonds is 2. The minimum absolute atomic E-state index is 0. The van der Waals surface area contributed by atoms with Gasteiger partial charge in [0, 0.05) is 0 Å². The van der Waals surface area contributed by atoms with Crippen LogP contribution in [0.3, 0.4) is 0 Å². The first-order chi connectivity index (χ1) is 9.44. The van der Waals surface area contributed by atoms with Gasteiger partial charge in [0.05, 0.1) is 0 Å². The largest absolute Gasteiger partial charge is 1.00 e. The van der Waals surface area contributed by atoms with Crippen molar-refractivity contribution in [1.29, 1.82) is 0 Å². The molecule has 0 bridgehead atoms. The van der Waals surface area contributed by atoms with Crippen molar-refractivity contribution >= 4 is 0 Å². The minimum Gasteiger partial charge on any atom is -1.00 e. The molecule has 2 aliphatic rings. The Morgan fingerprint density at radius 2 is 0.857 bits per heavy atom. The molecule has 0 aliphatic heterocycles. The van der Waals surface area contributed by atoms with Crippen LogP contribution < -0.4 is 0 Å². The van der Waals surface area contributed by atoms with Crippen molar-refractivity contribution in [2.24, 2.45) is 10.8 Å². The van der Waals surface area contributed by atoms with Gasteiger partial charge in [0.1, 0.15) is 0 Å². The van der Waals surface area contributed by atoms with Gasteiger partial charge in [-0.3, -0.25) is 0 Å². The van der Waals surface area contributed by atoms with Crippen LogP contribution >= 0.6 is 0 Å². The fraction of sp³-hybridized carbons (Fsp3) is 0.600. The molecular formula is C20H32Zr-2. The average Bonchev–Trinajstić information content (AvgIpc) is 2.63. The monoisotopic (exact) mass is 362 g/mol. The van der Waals surface area contributed by atoms with E-state index in [-0.39, 0.29) is 13.7 Å². The second-order valence-electron chi connectivity index (χ2n) is 7.88. The third-order valence-corrected chi connectivity index (χ3v) is 12.5. The number of hydrogen-bond acceptors (Lipinski definition) is 0. The molecular weight excluding hydrogens is 331 g/mol. The molecule has 0 unspecified atom stereocenters. The van der Waals surface area contributed by atoms with Gasteiger partial charge in [0.2, 0.25) is 0 Å². The van der Waals surface area contributed by atoms with E-state index in [0.717, 1.165) is 0 Å². The van der Waals surface area contributed by atoms with Gasteiger partial charge in [-0.1, -0.05) is 0 Å². The van der Waals surface area contributed by atoms with Crippen LogP contribution in [0.1, 0.15) is 72.1 Å². The van der Waals surface area contributed by atoms with E-state index in [1.807, 2.05) is 0 Å². The van der Waals surface area contributed by atoms with Gasteiger partial charge in [0.15, 0.2) is 0 Å². The Bertz CT molecular complexity index is 585. The minimum atomic E-state index is -0.730. The Labute approximate surface area is 146 Å². The second-order valence-corrected chi connectivity index (χ2v) is 10.9. The van der Waals surface area contributed by atoms with E-state index in [4.69, 9.17) is 0 Å². The van der Waals surface area contributed by atoms with E-state index < -0.39 is 23.2 Å². The van der Waals surface area contributed by atoms with Crippen molar-refractivity contribution in [1.82, 2.24) is 0 Å². The molecule has 0 heterocycles. The molecule has 0 N–H and O–H groups in total. The van der Waals surface area contributed by atoms with Gasteiger partial charge in [-0.25, -0.2) is 0 Å². The molecule has 21 heavy (non-hydrogen) atoms. The molecule has 1 heteroatoms. The average molecular weight is 364 g/mol. The van der Waals surface area contributed by atoms with E-state index in [1.165, 1.54) is 0 Å². The van der Waals surface area contributed by atoms with E-state index >= 15 is 0 Å². The summed E-state index contributed by atoms with van der Waals surface area (Å²) in [6.45, 7) is 23.7. The number of allylic oxidation sites excluding steroid dienone is 8. The molecule has 0 nitrogen and oxygen atoms in total. The summed E-state index contributed by atoms with van der Waals surface area (Å²) in [6, 6.07) is 0. The zero-order valence-corrected chi connectivity index (χ0v) is 18.0. The first-order valence-electron chi connectivity index (χ1n) is 8.00. The summed E-state index contributed by atoms with van der Waals surface area (Å²) in [4.78, 5) is 0. The molecule has 0 aromatic rings. The van der Waals surface area contributed by atoms with Crippen LogP contribution in [0.2, 0.25) is 0 Å². The summed E-state index contributed by atoms with van der Waals surface area (Å²) >= 11 is -0.730. The van der Waals surface area contributed by atoms with Gasteiger partial charge in [0.25, 0.3) is 0 Å². The third-order valence-electron chi connectivity index (χ3n) is 6.38. The fourth-order valence-electron chi connectivity index (χ4n) is 3.81. The van der Waals surface area contributed by atoms with Crippen molar-refractivity contribution in [3.8, 4) is 0 Å². The SMILES string of the molecule is CC1=C(C)C(C)(C)[C]([Zr][C]2=C(C)C(C)=C(C)C2(C)C)=C1C.[H-].[H-].